The molecule has 0 radical (unpaired) electrons. The van der Waals surface area contributed by atoms with Gasteiger partial charge in [-0.3, -0.25) is 14.5 Å². The molecule has 1 aromatic carbocycles. The third kappa shape index (κ3) is 1.48. The number of amides is 2. The first-order chi connectivity index (χ1) is 10.8. The third-order valence-electron chi connectivity index (χ3n) is 5.40. The first kappa shape index (κ1) is 15.4. The van der Waals surface area contributed by atoms with Crippen LogP contribution in [0.1, 0.15) is 39.7 Å². The van der Waals surface area contributed by atoms with Gasteiger partial charge >= 0.3 is 0 Å². The van der Waals surface area contributed by atoms with Gasteiger partial charge in [-0.25, -0.2) is 0 Å². The van der Waals surface area contributed by atoms with Gasteiger partial charge in [0.25, 0.3) is 11.8 Å². The lowest BCUT2D eigenvalue weighted by Crippen LogP contribution is -2.79. The summed E-state index contributed by atoms with van der Waals surface area (Å²) in [5.74, 6) is 0.110. The number of anilines is 1. The summed E-state index contributed by atoms with van der Waals surface area (Å²) in [5.41, 5.74) is 1.55. The Bertz CT molecular complexity index is 735. The average molecular weight is 348 g/mol. The largest absolute Gasteiger partial charge is 0.316 e. The Morgan fingerprint density at radius 2 is 1.74 bits per heavy atom. The van der Waals surface area contributed by atoms with E-state index in [1.165, 1.54) is 0 Å². The molecular weight excluding hydrogens is 328 g/mol. The van der Waals surface area contributed by atoms with Crippen LogP contribution in [0, 0.1) is 0 Å². The number of fused-ring (bicyclic) bond motifs is 3. The molecule has 0 saturated carbocycles. The maximum Gasteiger partial charge on any atom is 0.265 e. The summed E-state index contributed by atoms with van der Waals surface area (Å²) >= 11 is 0. The van der Waals surface area contributed by atoms with Crippen LogP contribution in [0.4, 0.5) is 5.69 Å². The molecule has 1 aromatic rings. The summed E-state index contributed by atoms with van der Waals surface area (Å²) in [6.07, 6.45) is 0.850. The summed E-state index contributed by atoms with van der Waals surface area (Å²) in [4.78, 5) is 28.8. The average Bonchev–Trinajstić information content (AvgIpc) is 2.73. The number of nitrogens with zero attached hydrogens (tertiary/aromatic N) is 2. The lowest BCUT2D eigenvalue weighted by atomic mass is 9.78. The summed E-state index contributed by atoms with van der Waals surface area (Å²) in [6.45, 7) is 8.73. The summed E-state index contributed by atoms with van der Waals surface area (Å²) in [6, 6.07) is 7.95. The van der Waals surface area contributed by atoms with Gasteiger partial charge in [0.2, 0.25) is 0 Å². The number of piperazine rings is 1. The van der Waals surface area contributed by atoms with E-state index >= 15 is 0 Å². The number of hydrogen-bond acceptors (Lipinski definition) is 4. The molecule has 0 aliphatic carbocycles. The van der Waals surface area contributed by atoms with Crippen LogP contribution in [0.2, 0.25) is 0 Å². The Morgan fingerprint density at radius 3 is 2.43 bits per heavy atom. The number of benzene rings is 1. The quantitative estimate of drug-likeness (QED) is 0.769. The molecule has 2 bridgehead atoms. The molecular formula is C17H20N2O2S2. The first-order valence-electron chi connectivity index (χ1n) is 7.95. The molecule has 2 amide bonds. The van der Waals surface area contributed by atoms with E-state index in [-0.39, 0.29) is 11.8 Å². The third-order valence-corrected chi connectivity index (χ3v) is 9.26. The fourth-order valence-corrected chi connectivity index (χ4v) is 7.94. The van der Waals surface area contributed by atoms with Gasteiger partial charge in [0.1, 0.15) is 0 Å². The molecule has 5 rings (SSSR count). The molecule has 4 nitrogen and oxygen atoms in total. The minimum atomic E-state index is -0.870. The predicted molar refractivity (Wildman–Crippen MR) is 95.3 cm³/mol. The summed E-state index contributed by atoms with van der Waals surface area (Å²) < 4.78 is 0. The van der Waals surface area contributed by atoms with Crippen molar-refractivity contribution < 1.29 is 9.59 Å². The Morgan fingerprint density at radius 1 is 1.04 bits per heavy atom. The molecule has 3 saturated heterocycles. The van der Waals surface area contributed by atoms with Gasteiger partial charge in [-0.05, 0) is 25.0 Å². The van der Waals surface area contributed by atoms with Gasteiger partial charge in [0.05, 0.1) is 0 Å². The topological polar surface area (TPSA) is 40.6 Å². The zero-order valence-electron chi connectivity index (χ0n) is 13.8. The maximum atomic E-state index is 13.5. The zero-order chi connectivity index (χ0) is 16.6. The SMILES string of the molecule is CCCN1C(=O)C23SSC1(C)C(=O)N2c1ccccc1C3(C)C. The van der Waals surface area contributed by atoms with E-state index < -0.39 is 15.2 Å². The van der Waals surface area contributed by atoms with E-state index in [0.717, 1.165) is 17.7 Å². The van der Waals surface area contributed by atoms with Crippen LogP contribution in [-0.4, -0.2) is 33.0 Å². The molecule has 0 aromatic heterocycles. The van der Waals surface area contributed by atoms with Crippen molar-refractivity contribution in [2.45, 2.75) is 49.3 Å². The van der Waals surface area contributed by atoms with Crippen molar-refractivity contribution >= 4 is 39.1 Å². The zero-order valence-corrected chi connectivity index (χ0v) is 15.4. The second-order valence-electron chi connectivity index (χ2n) is 7.03. The van der Waals surface area contributed by atoms with E-state index in [9.17, 15) is 9.59 Å². The van der Waals surface area contributed by atoms with Crippen LogP contribution in [-0.2, 0) is 15.0 Å². The molecule has 1 spiro atoms. The molecule has 2 unspecified atom stereocenters. The Hall–Kier alpha value is -1.14. The molecule has 23 heavy (non-hydrogen) atoms. The highest BCUT2D eigenvalue weighted by Gasteiger charge is 2.75. The molecule has 2 atom stereocenters. The molecule has 0 N–H and O–H groups in total. The highest BCUT2D eigenvalue weighted by molar-refractivity contribution is 8.78. The molecule has 4 aliphatic heterocycles. The van der Waals surface area contributed by atoms with Crippen molar-refractivity contribution in [2.75, 3.05) is 11.4 Å². The van der Waals surface area contributed by atoms with Gasteiger partial charge < -0.3 is 4.90 Å². The highest BCUT2D eigenvalue weighted by atomic mass is 33.1. The number of rotatable bonds is 2. The van der Waals surface area contributed by atoms with Crippen molar-refractivity contribution in [1.82, 2.24) is 4.90 Å². The van der Waals surface area contributed by atoms with E-state index in [1.807, 2.05) is 38.1 Å². The van der Waals surface area contributed by atoms with E-state index in [1.54, 1.807) is 31.4 Å². The van der Waals surface area contributed by atoms with E-state index in [0.29, 0.717) is 6.54 Å². The van der Waals surface area contributed by atoms with Gasteiger partial charge in [-0.15, -0.1) is 0 Å². The molecule has 3 fully saturated rings. The van der Waals surface area contributed by atoms with Crippen LogP contribution in [0.3, 0.4) is 0 Å². The molecule has 4 heterocycles. The monoisotopic (exact) mass is 348 g/mol. The number of para-hydroxylation sites is 1. The van der Waals surface area contributed by atoms with Crippen LogP contribution < -0.4 is 4.90 Å². The van der Waals surface area contributed by atoms with Crippen molar-refractivity contribution in [3.8, 4) is 0 Å². The van der Waals surface area contributed by atoms with Crippen molar-refractivity contribution in [3.63, 3.8) is 0 Å². The molecule has 122 valence electrons. The maximum absolute atomic E-state index is 13.5. The smallest absolute Gasteiger partial charge is 0.265 e. The van der Waals surface area contributed by atoms with Gasteiger partial charge in [-0.1, -0.05) is 60.6 Å². The second kappa shape index (κ2) is 4.48. The fourth-order valence-electron chi connectivity index (χ4n) is 4.08. The van der Waals surface area contributed by atoms with Gasteiger partial charge in [0.15, 0.2) is 9.74 Å². The lowest BCUT2D eigenvalue weighted by molar-refractivity contribution is -0.150. The highest BCUT2D eigenvalue weighted by Crippen LogP contribution is 2.69. The first-order valence-corrected chi connectivity index (χ1v) is 10.1. The normalized spacial score (nSPS) is 33.9. The number of carbonyl (C=O) groups excluding carboxylic acids is 2. The summed E-state index contributed by atoms with van der Waals surface area (Å²) in [5, 5.41) is 0. The minimum Gasteiger partial charge on any atom is -0.316 e. The molecule has 6 heteroatoms. The van der Waals surface area contributed by atoms with E-state index in [2.05, 4.69) is 13.8 Å². The van der Waals surface area contributed by atoms with Crippen molar-refractivity contribution in [1.29, 1.82) is 0 Å². The Kier molecular flexibility index (Phi) is 3.00. The van der Waals surface area contributed by atoms with Crippen LogP contribution in [0.25, 0.3) is 0 Å². The van der Waals surface area contributed by atoms with Crippen molar-refractivity contribution in [2.24, 2.45) is 0 Å². The van der Waals surface area contributed by atoms with Crippen LogP contribution >= 0.6 is 21.6 Å². The Labute approximate surface area is 144 Å². The number of carbonyl (C=O) groups is 2. The number of hydrogen-bond donors (Lipinski definition) is 0. The lowest BCUT2D eigenvalue weighted by Gasteiger charge is -2.60. The van der Waals surface area contributed by atoms with E-state index in [4.69, 9.17) is 0 Å². The fraction of sp³-hybridized carbons (Fsp3) is 0.529. The molecule has 4 aliphatic rings. The van der Waals surface area contributed by atoms with Crippen LogP contribution in [0.15, 0.2) is 24.3 Å². The summed E-state index contributed by atoms with van der Waals surface area (Å²) in [7, 11) is 3.11. The Balaban J connectivity index is 2.00. The standard InChI is InChI=1S/C17H20N2O2S2/c1-5-10-18-14(21)17-15(2,3)11-8-6-7-9-12(11)19(17)13(20)16(18,4)22-23-17/h6-9H,5,10H2,1-4H3. The second-order valence-corrected chi connectivity index (χ2v) is 9.75. The van der Waals surface area contributed by atoms with Gasteiger partial charge in [-0.2, -0.15) is 0 Å². The minimum absolute atomic E-state index is 0.0346. The van der Waals surface area contributed by atoms with Crippen LogP contribution in [0.5, 0.6) is 0 Å². The predicted octanol–water partition coefficient (Wildman–Crippen LogP) is 3.37. The van der Waals surface area contributed by atoms with Crippen molar-refractivity contribution in [3.05, 3.63) is 29.8 Å². The van der Waals surface area contributed by atoms with Gasteiger partial charge in [0, 0.05) is 17.6 Å².